The van der Waals surface area contributed by atoms with Crippen molar-refractivity contribution in [3.63, 3.8) is 0 Å². The minimum absolute atomic E-state index is 0.115. The van der Waals surface area contributed by atoms with Crippen LogP contribution in [-0.4, -0.2) is 36.9 Å². The first-order chi connectivity index (χ1) is 12.3. The fourth-order valence-electron chi connectivity index (χ4n) is 1.98. The minimum Gasteiger partial charge on any atom is -0.378 e. The zero-order valence-corrected chi connectivity index (χ0v) is 18.2. The quantitative estimate of drug-likeness (QED) is 0.547. The molecule has 0 atom stereocenters. The standard InChI is InChI=1S/C16H19Cl2N3O2S3/c1-11-15(21-10-20-11)8-25-6-5-19-16(24-2)9-26(22,23)12-3-4-13(17)14(18)7-12/h3-4,7,9-10,19H,5-6,8H2,1-2H3,(H,20,21). The molecule has 0 amide bonds. The third kappa shape index (κ3) is 6.13. The van der Waals surface area contributed by atoms with Crippen LogP contribution in [0.25, 0.3) is 0 Å². The summed E-state index contributed by atoms with van der Waals surface area (Å²) in [6, 6.07) is 4.28. The van der Waals surface area contributed by atoms with Crippen LogP contribution in [0.2, 0.25) is 10.0 Å². The molecule has 1 aromatic carbocycles. The third-order valence-electron chi connectivity index (χ3n) is 3.43. The number of thioether (sulfide) groups is 2. The lowest BCUT2D eigenvalue weighted by molar-refractivity contribution is 0.604. The van der Waals surface area contributed by atoms with Gasteiger partial charge in [0.1, 0.15) is 0 Å². The highest BCUT2D eigenvalue weighted by molar-refractivity contribution is 8.03. The molecule has 0 saturated heterocycles. The normalized spacial score (nSPS) is 12.4. The van der Waals surface area contributed by atoms with Gasteiger partial charge in [0.2, 0.25) is 9.84 Å². The number of rotatable bonds is 9. The second kappa shape index (κ2) is 9.94. The molecular formula is C16H19Cl2N3O2S3. The Labute approximate surface area is 172 Å². The van der Waals surface area contributed by atoms with Crippen molar-refractivity contribution in [2.45, 2.75) is 17.6 Å². The van der Waals surface area contributed by atoms with E-state index in [1.807, 2.05) is 13.2 Å². The van der Waals surface area contributed by atoms with Gasteiger partial charge < -0.3 is 10.3 Å². The summed E-state index contributed by atoms with van der Waals surface area (Å²) < 4.78 is 25.0. The second-order valence-corrected chi connectivity index (χ2v) is 9.82. The van der Waals surface area contributed by atoms with Gasteiger partial charge in [-0.15, -0.1) is 11.8 Å². The molecule has 10 heteroatoms. The van der Waals surface area contributed by atoms with Gasteiger partial charge in [-0.3, -0.25) is 0 Å². The summed E-state index contributed by atoms with van der Waals surface area (Å²) in [6.07, 6.45) is 3.51. The van der Waals surface area contributed by atoms with Crippen LogP contribution in [0, 0.1) is 6.92 Å². The maximum absolute atomic E-state index is 12.5. The number of benzene rings is 1. The number of hydrogen-bond acceptors (Lipinski definition) is 6. The summed E-state index contributed by atoms with van der Waals surface area (Å²) in [7, 11) is -3.60. The minimum atomic E-state index is -3.60. The van der Waals surface area contributed by atoms with Crippen LogP contribution in [0.1, 0.15) is 11.4 Å². The summed E-state index contributed by atoms with van der Waals surface area (Å²) in [5.41, 5.74) is 2.11. The van der Waals surface area contributed by atoms with Crippen LogP contribution in [0.15, 0.2) is 39.9 Å². The van der Waals surface area contributed by atoms with Gasteiger partial charge in [0.15, 0.2) is 0 Å². The van der Waals surface area contributed by atoms with Crippen LogP contribution in [0.3, 0.4) is 0 Å². The zero-order chi connectivity index (χ0) is 19.2. The lowest BCUT2D eigenvalue weighted by atomic mass is 10.4. The molecule has 0 aliphatic carbocycles. The number of nitrogens with one attached hydrogen (secondary N) is 2. The summed E-state index contributed by atoms with van der Waals surface area (Å²) in [5.74, 6) is 1.68. The monoisotopic (exact) mass is 451 g/mol. The predicted molar refractivity (Wildman–Crippen MR) is 113 cm³/mol. The molecular weight excluding hydrogens is 433 g/mol. The Hall–Kier alpha value is -0.800. The number of aromatic nitrogens is 2. The Kier molecular flexibility index (Phi) is 8.22. The molecule has 1 heterocycles. The molecule has 0 bridgehead atoms. The molecule has 0 aliphatic rings. The van der Waals surface area contributed by atoms with E-state index < -0.39 is 9.84 Å². The van der Waals surface area contributed by atoms with Gasteiger partial charge in [-0.05, 0) is 31.4 Å². The van der Waals surface area contributed by atoms with Crippen molar-refractivity contribution in [1.82, 2.24) is 15.3 Å². The second-order valence-electron chi connectivity index (χ2n) is 5.25. The van der Waals surface area contributed by atoms with Gasteiger partial charge in [-0.2, -0.15) is 11.8 Å². The van der Waals surface area contributed by atoms with Crippen molar-refractivity contribution >= 4 is 56.6 Å². The number of hydrogen-bond donors (Lipinski definition) is 2. The maximum atomic E-state index is 12.5. The van der Waals surface area contributed by atoms with E-state index in [1.165, 1.54) is 35.4 Å². The maximum Gasteiger partial charge on any atom is 0.202 e. The SMILES string of the molecule is CSC(=CS(=O)(=O)c1ccc(Cl)c(Cl)c1)NCCSCc1[nH]cnc1C. The van der Waals surface area contributed by atoms with Gasteiger partial charge in [-0.25, -0.2) is 13.4 Å². The van der Waals surface area contributed by atoms with Crippen LogP contribution in [0.5, 0.6) is 0 Å². The average Bonchev–Trinajstić information content (AvgIpc) is 3.00. The van der Waals surface area contributed by atoms with E-state index >= 15 is 0 Å². The Bertz CT molecular complexity index is 883. The van der Waals surface area contributed by atoms with E-state index in [2.05, 4.69) is 15.3 Å². The lowest BCUT2D eigenvalue weighted by Crippen LogP contribution is -2.16. The van der Waals surface area contributed by atoms with Gasteiger partial charge in [0.05, 0.1) is 37.4 Å². The van der Waals surface area contributed by atoms with E-state index in [0.717, 1.165) is 22.9 Å². The highest BCUT2D eigenvalue weighted by Crippen LogP contribution is 2.26. The molecule has 0 aliphatic heterocycles. The van der Waals surface area contributed by atoms with E-state index in [0.29, 0.717) is 16.6 Å². The lowest BCUT2D eigenvalue weighted by Gasteiger charge is -2.09. The Morgan fingerprint density at radius 3 is 2.73 bits per heavy atom. The zero-order valence-electron chi connectivity index (χ0n) is 14.3. The number of halogens is 2. The number of sulfone groups is 1. The average molecular weight is 452 g/mol. The van der Waals surface area contributed by atoms with Crippen LogP contribution in [0.4, 0.5) is 0 Å². The van der Waals surface area contributed by atoms with Crippen LogP contribution < -0.4 is 5.32 Å². The third-order valence-corrected chi connectivity index (χ3v) is 7.46. The molecule has 0 unspecified atom stereocenters. The number of aryl methyl sites for hydroxylation is 1. The summed E-state index contributed by atoms with van der Waals surface area (Å²) in [5, 5.41) is 5.49. The van der Waals surface area contributed by atoms with Crippen molar-refractivity contribution in [3.05, 3.63) is 56.4 Å². The van der Waals surface area contributed by atoms with Gasteiger partial charge >= 0.3 is 0 Å². The summed E-state index contributed by atoms with van der Waals surface area (Å²) >= 11 is 14.8. The van der Waals surface area contributed by atoms with Crippen LogP contribution >= 0.6 is 46.7 Å². The Morgan fingerprint density at radius 1 is 1.35 bits per heavy atom. The number of nitrogens with zero attached hydrogens (tertiary/aromatic N) is 1. The fraction of sp³-hybridized carbons (Fsp3) is 0.312. The van der Waals surface area contributed by atoms with E-state index in [9.17, 15) is 8.42 Å². The number of imidazole rings is 1. The Balaban J connectivity index is 1.91. The topological polar surface area (TPSA) is 74.8 Å². The molecule has 26 heavy (non-hydrogen) atoms. The molecule has 0 spiro atoms. The Morgan fingerprint density at radius 2 is 2.12 bits per heavy atom. The van der Waals surface area contributed by atoms with Crippen LogP contribution in [-0.2, 0) is 15.6 Å². The van der Waals surface area contributed by atoms with E-state index in [1.54, 1.807) is 18.1 Å². The largest absolute Gasteiger partial charge is 0.378 e. The van der Waals surface area contributed by atoms with Gasteiger partial charge in [-0.1, -0.05) is 23.2 Å². The first-order valence-electron chi connectivity index (χ1n) is 7.60. The molecule has 5 nitrogen and oxygen atoms in total. The van der Waals surface area contributed by atoms with Crippen molar-refractivity contribution in [2.75, 3.05) is 18.6 Å². The van der Waals surface area contributed by atoms with Gasteiger partial charge in [0.25, 0.3) is 0 Å². The molecule has 2 N–H and O–H groups in total. The van der Waals surface area contributed by atoms with Crippen molar-refractivity contribution in [3.8, 4) is 0 Å². The first kappa shape index (κ1) is 21.5. The summed E-state index contributed by atoms with van der Waals surface area (Å²) in [4.78, 5) is 7.38. The molecule has 2 rings (SSSR count). The highest BCUT2D eigenvalue weighted by Gasteiger charge is 2.14. The predicted octanol–water partition coefficient (Wildman–Crippen LogP) is 4.48. The number of aromatic amines is 1. The molecule has 2 aromatic rings. The fourth-order valence-corrected chi connectivity index (χ4v) is 5.28. The first-order valence-corrected chi connectivity index (χ1v) is 12.3. The van der Waals surface area contributed by atoms with Crippen molar-refractivity contribution in [1.29, 1.82) is 0 Å². The summed E-state index contributed by atoms with van der Waals surface area (Å²) in [6.45, 7) is 2.62. The highest BCUT2D eigenvalue weighted by atomic mass is 35.5. The van der Waals surface area contributed by atoms with Crippen molar-refractivity contribution in [2.24, 2.45) is 0 Å². The van der Waals surface area contributed by atoms with E-state index in [4.69, 9.17) is 23.2 Å². The molecule has 142 valence electrons. The smallest absolute Gasteiger partial charge is 0.202 e. The molecule has 0 radical (unpaired) electrons. The number of H-pyrrole nitrogens is 1. The van der Waals surface area contributed by atoms with Crippen molar-refractivity contribution < 1.29 is 8.42 Å². The molecule has 1 aromatic heterocycles. The van der Waals surface area contributed by atoms with Gasteiger partial charge in [0, 0.05) is 23.7 Å². The molecule has 0 saturated carbocycles. The van der Waals surface area contributed by atoms with E-state index in [-0.39, 0.29) is 9.92 Å². The molecule has 0 fully saturated rings.